The fraction of sp³-hybridized carbons (Fsp3) is 0.312. The number of carbonyl (C=O) groups excluding carboxylic acids is 1. The topological polar surface area (TPSA) is 62.5 Å². The van der Waals surface area contributed by atoms with Gasteiger partial charge in [-0.2, -0.15) is 16.3 Å². The van der Waals surface area contributed by atoms with Gasteiger partial charge in [0.1, 0.15) is 0 Å². The molecule has 3 aromatic heterocycles. The maximum atomic E-state index is 12.3. The molecule has 4 heterocycles. The summed E-state index contributed by atoms with van der Waals surface area (Å²) in [6.45, 7) is 3.70. The van der Waals surface area contributed by atoms with Crippen molar-refractivity contribution in [1.29, 1.82) is 0 Å². The maximum absolute atomic E-state index is 12.3. The molecule has 124 valence electrons. The van der Waals surface area contributed by atoms with Gasteiger partial charge in [-0.05, 0) is 22.9 Å². The summed E-state index contributed by atoms with van der Waals surface area (Å²) in [4.78, 5) is 21.7. The summed E-state index contributed by atoms with van der Waals surface area (Å²) < 4.78 is 5.35. The minimum absolute atomic E-state index is 0.127. The molecule has 24 heavy (non-hydrogen) atoms. The number of hydrogen-bond donors (Lipinski definition) is 0. The molecule has 0 saturated carbocycles. The predicted molar refractivity (Wildman–Crippen MR) is 93.1 cm³/mol. The van der Waals surface area contributed by atoms with Gasteiger partial charge in [0.15, 0.2) is 0 Å². The highest BCUT2D eigenvalue weighted by Gasteiger charge is 2.23. The molecule has 3 aromatic rings. The van der Waals surface area contributed by atoms with Crippen LogP contribution in [0.1, 0.15) is 15.6 Å². The summed E-state index contributed by atoms with van der Waals surface area (Å²) >= 11 is 3.10. The molecule has 1 amide bonds. The standard InChI is InChI=1S/C16H16N4O2S2/c21-16(13-2-1-8-24-13)20-6-4-19(5-7-20)10-14-17-15(18-22-14)12-3-9-23-11-12/h1-3,8-9,11H,4-7,10H2. The molecule has 0 radical (unpaired) electrons. The minimum atomic E-state index is 0.127. The summed E-state index contributed by atoms with van der Waals surface area (Å²) in [5.74, 6) is 1.38. The van der Waals surface area contributed by atoms with Crippen LogP contribution in [0.4, 0.5) is 0 Å². The average Bonchev–Trinajstić information content (AvgIpc) is 3.36. The van der Waals surface area contributed by atoms with E-state index < -0.39 is 0 Å². The zero-order valence-corrected chi connectivity index (χ0v) is 14.6. The van der Waals surface area contributed by atoms with E-state index in [2.05, 4.69) is 15.0 Å². The molecule has 4 rings (SSSR count). The Hall–Kier alpha value is -2.03. The minimum Gasteiger partial charge on any atom is -0.338 e. The molecule has 1 saturated heterocycles. The lowest BCUT2D eigenvalue weighted by atomic mass is 10.3. The number of rotatable bonds is 4. The van der Waals surface area contributed by atoms with Gasteiger partial charge in [0.25, 0.3) is 5.91 Å². The van der Waals surface area contributed by atoms with E-state index in [0.717, 1.165) is 36.6 Å². The Morgan fingerprint density at radius 2 is 2.08 bits per heavy atom. The number of amides is 1. The Bertz CT molecular complexity index is 790. The van der Waals surface area contributed by atoms with Crippen LogP contribution in [0.3, 0.4) is 0 Å². The van der Waals surface area contributed by atoms with Crippen molar-refractivity contribution in [1.82, 2.24) is 19.9 Å². The first-order chi connectivity index (χ1) is 11.8. The molecule has 6 nitrogen and oxygen atoms in total. The molecule has 1 aliphatic heterocycles. The van der Waals surface area contributed by atoms with Crippen molar-refractivity contribution in [3.8, 4) is 11.4 Å². The van der Waals surface area contributed by atoms with E-state index in [1.165, 1.54) is 11.3 Å². The molecular formula is C16H16N4O2S2. The molecule has 8 heteroatoms. The largest absolute Gasteiger partial charge is 0.338 e. The van der Waals surface area contributed by atoms with Gasteiger partial charge in [-0.15, -0.1) is 11.3 Å². The third-order valence-electron chi connectivity index (χ3n) is 4.00. The van der Waals surface area contributed by atoms with Gasteiger partial charge in [-0.25, -0.2) is 0 Å². The molecule has 0 unspecified atom stereocenters. The van der Waals surface area contributed by atoms with Gasteiger partial charge < -0.3 is 9.42 Å². The van der Waals surface area contributed by atoms with Crippen molar-refractivity contribution in [3.63, 3.8) is 0 Å². The lowest BCUT2D eigenvalue weighted by Gasteiger charge is -2.33. The highest BCUT2D eigenvalue weighted by Crippen LogP contribution is 2.19. The van der Waals surface area contributed by atoms with E-state index in [0.29, 0.717) is 18.3 Å². The molecule has 0 N–H and O–H groups in total. The van der Waals surface area contributed by atoms with Crippen molar-refractivity contribution in [3.05, 3.63) is 45.1 Å². The van der Waals surface area contributed by atoms with Crippen LogP contribution >= 0.6 is 22.7 Å². The molecule has 1 aliphatic rings. The Kier molecular flexibility index (Phi) is 4.42. The summed E-state index contributed by atoms with van der Waals surface area (Å²) in [5, 5.41) is 9.97. The van der Waals surface area contributed by atoms with Crippen LogP contribution in [0.25, 0.3) is 11.4 Å². The van der Waals surface area contributed by atoms with Gasteiger partial charge in [-0.3, -0.25) is 9.69 Å². The Morgan fingerprint density at radius 3 is 2.79 bits per heavy atom. The Labute approximate surface area is 147 Å². The van der Waals surface area contributed by atoms with Crippen molar-refractivity contribution in [2.75, 3.05) is 26.2 Å². The van der Waals surface area contributed by atoms with Crippen LogP contribution < -0.4 is 0 Å². The molecule has 0 aliphatic carbocycles. The van der Waals surface area contributed by atoms with Crippen LogP contribution in [0.5, 0.6) is 0 Å². The molecule has 0 spiro atoms. The Morgan fingerprint density at radius 1 is 1.21 bits per heavy atom. The second-order valence-corrected chi connectivity index (χ2v) is 7.30. The van der Waals surface area contributed by atoms with Crippen LogP contribution in [0.15, 0.2) is 38.9 Å². The van der Waals surface area contributed by atoms with E-state index in [1.807, 2.05) is 39.2 Å². The second kappa shape index (κ2) is 6.84. The normalized spacial score (nSPS) is 15.8. The zero-order valence-electron chi connectivity index (χ0n) is 12.9. The predicted octanol–water partition coefficient (Wildman–Crippen LogP) is 2.82. The molecule has 0 atom stereocenters. The number of aromatic nitrogens is 2. The van der Waals surface area contributed by atoms with Crippen molar-refractivity contribution < 1.29 is 9.32 Å². The monoisotopic (exact) mass is 360 g/mol. The van der Waals surface area contributed by atoms with Crippen LogP contribution in [0.2, 0.25) is 0 Å². The van der Waals surface area contributed by atoms with E-state index in [-0.39, 0.29) is 5.91 Å². The number of piperazine rings is 1. The van der Waals surface area contributed by atoms with Crippen molar-refractivity contribution in [2.24, 2.45) is 0 Å². The van der Waals surface area contributed by atoms with E-state index in [4.69, 9.17) is 4.52 Å². The van der Waals surface area contributed by atoms with E-state index in [9.17, 15) is 4.79 Å². The average molecular weight is 360 g/mol. The SMILES string of the molecule is O=C(c1cccs1)N1CCN(Cc2nc(-c3ccsc3)no2)CC1. The number of carbonyl (C=O) groups is 1. The fourth-order valence-electron chi connectivity index (χ4n) is 2.68. The van der Waals surface area contributed by atoms with Crippen molar-refractivity contribution in [2.45, 2.75) is 6.54 Å². The highest BCUT2D eigenvalue weighted by molar-refractivity contribution is 7.12. The van der Waals surface area contributed by atoms with Gasteiger partial charge in [0.05, 0.1) is 11.4 Å². The third-order valence-corrected chi connectivity index (χ3v) is 5.54. The molecule has 0 bridgehead atoms. The number of hydrogen-bond acceptors (Lipinski definition) is 7. The van der Waals surface area contributed by atoms with Gasteiger partial charge in [0, 0.05) is 37.1 Å². The number of nitrogens with zero attached hydrogens (tertiary/aromatic N) is 4. The van der Waals surface area contributed by atoms with Gasteiger partial charge in [-0.1, -0.05) is 11.2 Å². The van der Waals surface area contributed by atoms with Crippen LogP contribution in [-0.4, -0.2) is 52.0 Å². The fourth-order valence-corrected chi connectivity index (χ4v) is 4.01. The molecular weight excluding hydrogens is 344 g/mol. The van der Waals surface area contributed by atoms with Crippen LogP contribution in [-0.2, 0) is 6.54 Å². The summed E-state index contributed by atoms with van der Waals surface area (Å²) in [6, 6.07) is 5.77. The number of thiophene rings is 2. The first-order valence-corrected chi connectivity index (χ1v) is 9.52. The van der Waals surface area contributed by atoms with Gasteiger partial charge >= 0.3 is 0 Å². The van der Waals surface area contributed by atoms with Crippen LogP contribution in [0, 0.1) is 0 Å². The van der Waals surface area contributed by atoms with E-state index in [1.54, 1.807) is 11.3 Å². The first-order valence-electron chi connectivity index (χ1n) is 7.70. The first kappa shape index (κ1) is 15.5. The lowest BCUT2D eigenvalue weighted by molar-refractivity contribution is 0.0620. The van der Waals surface area contributed by atoms with Crippen molar-refractivity contribution >= 4 is 28.6 Å². The molecule has 0 aromatic carbocycles. The third kappa shape index (κ3) is 3.26. The summed E-state index contributed by atoms with van der Waals surface area (Å²) in [7, 11) is 0. The maximum Gasteiger partial charge on any atom is 0.264 e. The van der Waals surface area contributed by atoms with E-state index >= 15 is 0 Å². The smallest absolute Gasteiger partial charge is 0.264 e. The van der Waals surface area contributed by atoms with Gasteiger partial charge in [0.2, 0.25) is 11.7 Å². The summed E-state index contributed by atoms with van der Waals surface area (Å²) in [5.41, 5.74) is 0.987. The zero-order chi connectivity index (χ0) is 16.4. The summed E-state index contributed by atoms with van der Waals surface area (Å²) in [6.07, 6.45) is 0. The molecule has 1 fully saturated rings. The quantitative estimate of drug-likeness (QED) is 0.716. The highest BCUT2D eigenvalue weighted by atomic mass is 32.1. The lowest BCUT2D eigenvalue weighted by Crippen LogP contribution is -2.48. The Balaban J connectivity index is 1.33. The second-order valence-electron chi connectivity index (χ2n) is 5.57.